The molecule has 7 heteroatoms. The number of hydrogen-bond donors (Lipinski definition) is 1. The van der Waals surface area contributed by atoms with Crippen LogP contribution in [0.4, 0.5) is 0 Å². The largest absolute Gasteiger partial charge is 0.306 e. The van der Waals surface area contributed by atoms with Crippen molar-refractivity contribution < 1.29 is 0 Å². The minimum atomic E-state index is 0.420. The van der Waals surface area contributed by atoms with Gasteiger partial charge in [-0.15, -0.1) is 11.3 Å². The summed E-state index contributed by atoms with van der Waals surface area (Å²) < 4.78 is 2.02. The summed E-state index contributed by atoms with van der Waals surface area (Å²) in [6, 6.07) is 6.32. The van der Waals surface area contributed by atoms with Gasteiger partial charge in [-0.1, -0.05) is 6.07 Å². The van der Waals surface area contributed by atoms with Gasteiger partial charge in [-0.3, -0.25) is 4.98 Å². The number of rotatable bonds is 4. The Bertz CT molecular complexity index is 794. The van der Waals surface area contributed by atoms with Crippen LogP contribution < -0.4 is 5.32 Å². The maximum atomic E-state index is 4.67. The number of aromatic nitrogens is 5. The van der Waals surface area contributed by atoms with Crippen molar-refractivity contribution in [2.75, 3.05) is 0 Å². The molecule has 0 spiro atoms. The van der Waals surface area contributed by atoms with Gasteiger partial charge in [-0.05, 0) is 25.5 Å². The Labute approximate surface area is 138 Å². The fraction of sp³-hybridized carbons (Fsp3) is 0.375. The van der Waals surface area contributed by atoms with E-state index in [9.17, 15) is 0 Å². The Kier molecular flexibility index (Phi) is 3.88. The molecule has 118 valence electrons. The summed E-state index contributed by atoms with van der Waals surface area (Å²) in [5.74, 6) is 1.96. The molecule has 0 bridgehead atoms. The molecule has 0 saturated carbocycles. The molecule has 4 rings (SSSR count). The number of thiazole rings is 1. The van der Waals surface area contributed by atoms with Crippen LogP contribution in [-0.2, 0) is 19.5 Å². The van der Waals surface area contributed by atoms with Crippen molar-refractivity contribution in [1.82, 2.24) is 30.0 Å². The van der Waals surface area contributed by atoms with Gasteiger partial charge in [0.05, 0.1) is 17.9 Å². The van der Waals surface area contributed by atoms with Crippen molar-refractivity contribution in [1.29, 1.82) is 0 Å². The predicted octanol–water partition coefficient (Wildman–Crippen LogP) is 2.21. The van der Waals surface area contributed by atoms with Gasteiger partial charge < -0.3 is 5.32 Å². The highest BCUT2D eigenvalue weighted by Gasteiger charge is 2.20. The van der Waals surface area contributed by atoms with Gasteiger partial charge in [-0.25, -0.2) is 14.6 Å². The minimum Gasteiger partial charge on any atom is -0.306 e. The topological polar surface area (TPSA) is 68.5 Å². The van der Waals surface area contributed by atoms with E-state index in [-0.39, 0.29) is 0 Å². The summed E-state index contributed by atoms with van der Waals surface area (Å²) in [5.41, 5.74) is 2.00. The van der Waals surface area contributed by atoms with Gasteiger partial charge in [0.1, 0.15) is 16.7 Å². The molecule has 3 aromatic rings. The lowest BCUT2D eigenvalue weighted by molar-refractivity contribution is 0.356. The highest BCUT2D eigenvalue weighted by Crippen LogP contribution is 2.21. The lowest BCUT2D eigenvalue weighted by Gasteiger charge is -2.23. The molecule has 1 aliphatic rings. The van der Waals surface area contributed by atoms with Gasteiger partial charge in [0.25, 0.3) is 0 Å². The molecule has 0 radical (unpaired) electrons. The molecule has 0 amide bonds. The van der Waals surface area contributed by atoms with Crippen molar-refractivity contribution in [3.05, 3.63) is 47.1 Å². The number of hydrogen-bond acceptors (Lipinski definition) is 6. The molecule has 4 heterocycles. The molecule has 1 atom stereocenters. The lowest BCUT2D eigenvalue weighted by atomic mass is 10.1. The number of pyridine rings is 1. The zero-order valence-corrected chi connectivity index (χ0v) is 13.8. The fourth-order valence-electron chi connectivity index (χ4n) is 2.84. The molecule has 1 N–H and O–H groups in total. The Hall–Kier alpha value is -2.12. The molecular formula is C16H18N6S. The summed E-state index contributed by atoms with van der Waals surface area (Å²) >= 11 is 1.64. The van der Waals surface area contributed by atoms with E-state index in [1.165, 1.54) is 0 Å². The van der Waals surface area contributed by atoms with E-state index in [1.54, 1.807) is 17.5 Å². The third-order valence-corrected chi connectivity index (χ3v) is 4.89. The molecule has 6 nitrogen and oxygen atoms in total. The Morgan fingerprint density at radius 1 is 1.35 bits per heavy atom. The first-order valence-electron chi connectivity index (χ1n) is 7.77. The molecule has 3 aromatic heterocycles. The molecule has 23 heavy (non-hydrogen) atoms. The Morgan fingerprint density at radius 2 is 2.30 bits per heavy atom. The van der Waals surface area contributed by atoms with E-state index >= 15 is 0 Å². The van der Waals surface area contributed by atoms with Crippen LogP contribution in [0.5, 0.6) is 0 Å². The average Bonchev–Trinajstić information content (AvgIpc) is 3.18. The second-order valence-corrected chi connectivity index (χ2v) is 6.59. The van der Waals surface area contributed by atoms with E-state index in [4.69, 9.17) is 0 Å². The summed E-state index contributed by atoms with van der Waals surface area (Å²) in [6.45, 7) is 3.60. The second-order valence-electron chi connectivity index (χ2n) is 5.73. The van der Waals surface area contributed by atoms with Crippen LogP contribution in [0, 0.1) is 6.92 Å². The first kappa shape index (κ1) is 14.5. The van der Waals surface area contributed by atoms with Gasteiger partial charge in [0.2, 0.25) is 0 Å². The zero-order chi connectivity index (χ0) is 15.6. The van der Waals surface area contributed by atoms with Crippen LogP contribution >= 0.6 is 11.3 Å². The van der Waals surface area contributed by atoms with E-state index in [2.05, 4.69) is 30.7 Å². The number of aryl methyl sites for hydroxylation is 2. The molecule has 1 aliphatic heterocycles. The standard InChI is InChI=1S/C16H18N6S/c1-11-19-15-6-5-12(9-22(15)21-11)18-8-13-10-23-16(20-13)14-4-2-3-7-17-14/h2-4,7,10,12,18H,5-6,8-9H2,1H3/t12-/m1/s1. The zero-order valence-electron chi connectivity index (χ0n) is 12.9. The van der Waals surface area contributed by atoms with Crippen molar-refractivity contribution in [2.45, 2.75) is 38.9 Å². The summed E-state index contributed by atoms with van der Waals surface area (Å²) in [7, 11) is 0. The van der Waals surface area contributed by atoms with Crippen LogP contribution in [-0.4, -0.2) is 30.8 Å². The number of nitrogens with one attached hydrogen (secondary N) is 1. The van der Waals surface area contributed by atoms with E-state index in [0.29, 0.717) is 6.04 Å². The molecule has 0 unspecified atom stereocenters. The Morgan fingerprint density at radius 3 is 3.17 bits per heavy atom. The van der Waals surface area contributed by atoms with Crippen LogP contribution in [0.2, 0.25) is 0 Å². The lowest BCUT2D eigenvalue weighted by Crippen LogP contribution is -2.37. The molecule has 0 aromatic carbocycles. The normalized spacial score (nSPS) is 17.2. The van der Waals surface area contributed by atoms with Crippen molar-refractivity contribution in [3.63, 3.8) is 0 Å². The maximum Gasteiger partial charge on any atom is 0.147 e. The minimum absolute atomic E-state index is 0.420. The summed E-state index contributed by atoms with van der Waals surface area (Å²) in [4.78, 5) is 13.5. The van der Waals surface area contributed by atoms with Gasteiger partial charge in [0, 0.05) is 30.6 Å². The predicted molar refractivity (Wildman–Crippen MR) is 89.1 cm³/mol. The summed E-state index contributed by atoms with van der Waals surface area (Å²) in [5, 5.41) is 11.1. The smallest absolute Gasteiger partial charge is 0.147 e. The fourth-order valence-corrected chi connectivity index (χ4v) is 3.64. The first-order valence-corrected chi connectivity index (χ1v) is 8.65. The van der Waals surface area contributed by atoms with Gasteiger partial charge in [0.15, 0.2) is 0 Å². The average molecular weight is 326 g/mol. The van der Waals surface area contributed by atoms with Crippen molar-refractivity contribution in [3.8, 4) is 10.7 Å². The monoisotopic (exact) mass is 326 g/mol. The number of nitrogens with zero attached hydrogens (tertiary/aromatic N) is 5. The van der Waals surface area contributed by atoms with E-state index in [0.717, 1.165) is 54.0 Å². The van der Waals surface area contributed by atoms with E-state index in [1.807, 2.05) is 29.8 Å². The quantitative estimate of drug-likeness (QED) is 0.796. The van der Waals surface area contributed by atoms with Crippen molar-refractivity contribution >= 4 is 11.3 Å². The Balaban J connectivity index is 1.38. The third kappa shape index (κ3) is 3.16. The molecule has 0 fully saturated rings. The van der Waals surface area contributed by atoms with Crippen LogP contribution in [0.25, 0.3) is 10.7 Å². The SMILES string of the molecule is Cc1nc2n(n1)C[C@H](NCc1csc(-c3ccccn3)n1)CC2. The number of fused-ring (bicyclic) bond motifs is 1. The highest BCUT2D eigenvalue weighted by atomic mass is 32.1. The van der Waals surface area contributed by atoms with Crippen LogP contribution in [0.3, 0.4) is 0 Å². The van der Waals surface area contributed by atoms with Gasteiger partial charge in [-0.2, -0.15) is 5.10 Å². The highest BCUT2D eigenvalue weighted by molar-refractivity contribution is 7.13. The van der Waals surface area contributed by atoms with Crippen molar-refractivity contribution in [2.24, 2.45) is 0 Å². The summed E-state index contributed by atoms with van der Waals surface area (Å²) in [6.07, 6.45) is 3.87. The maximum absolute atomic E-state index is 4.67. The van der Waals surface area contributed by atoms with Gasteiger partial charge >= 0.3 is 0 Å². The van der Waals surface area contributed by atoms with Crippen LogP contribution in [0.15, 0.2) is 29.8 Å². The van der Waals surface area contributed by atoms with Crippen LogP contribution in [0.1, 0.15) is 23.8 Å². The molecular weight excluding hydrogens is 308 g/mol. The molecule has 0 aliphatic carbocycles. The first-order chi connectivity index (χ1) is 11.3. The third-order valence-electron chi connectivity index (χ3n) is 3.97. The van der Waals surface area contributed by atoms with E-state index < -0.39 is 0 Å². The second kappa shape index (κ2) is 6.17. The molecule has 0 saturated heterocycles.